The number of nitrogens with one attached hydrogen (secondary N) is 1. The molecule has 0 radical (unpaired) electrons. The summed E-state index contributed by atoms with van der Waals surface area (Å²) >= 11 is 5.77. The summed E-state index contributed by atoms with van der Waals surface area (Å²) in [5, 5.41) is 12.0. The van der Waals surface area contributed by atoms with Gasteiger partial charge < -0.3 is 16.2 Å². The number of nitrogen functional groups attached to an aromatic ring is 1. The van der Waals surface area contributed by atoms with Gasteiger partial charge in [-0.15, -0.1) is 0 Å². The fourth-order valence-electron chi connectivity index (χ4n) is 0.882. The number of hydrogen-bond acceptors (Lipinski definition) is 3. The summed E-state index contributed by atoms with van der Waals surface area (Å²) in [6, 6.07) is 5.34. The predicted molar refractivity (Wildman–Crippen MR) is 51.4 cm³/mol. The maximum atomic E-state index is 8.55. The first-order chi connectivity index (χ1) is 5.75. The van der Waals surface area contributed by atoms with Gasteiger partial charge in [0.15, 0.2) is 0 Å². The molecule has 3 nitrogen and oxygen atoms in total. The van der Waals surface area contributed by atoms with Crippen LogP contribution in [-0.4, -0.2) is 18.3 Å². The smallest absolute Gasteiger partial charge is 0.0739 e. The summed E-state index contributed by atoms with van der Waals surface area (Å²) in [5.74, 6) is 0. The van der Waals surface area contributed by atoms with Crippen molar-refractivity contribution in [2.75, 3.05) is 24.2 Å². The fraction of sp³-hybridized carbons (Fsp3) is 0.250. The van der Waals surface area contributed by atoms with Crippen LogP contribution in [0, 0.1) is 0 Å². The first kappa shape index (κ1) is 9.16. The van der Waals surface area contributed by atoms with Gasteiger partial charge in [-0.3, -0.25) is 0 Å². The van der Waals surface area contributed by atoms with Crippen molar-refractivity contribution < 1.29 is 5.11 Å². The molecule has 66 valence electrons. The van der Waals surface area contributed by atoms with Gasteiger partial charge in [0.2, 0.25) is 0 Å². The second-order valence-electron chi connectivity index (χ2n) is 2.35. The van der Waals surface area contributed by atoms with Crippen molar-refractivity contribution >= 4 is 23.0 Å². The van der Waals surface area contributed by atoms with E-state index in [4.69, 9.17) is 22.4 Å². The average Bonchev–Trinajstić information content (AvgIpc) is 2.08. The zero-order valence-electron chi connectivity index (χ0n) is 6.55. The molecule has 1 aromatic rings. The Balaban J connectivity index is 2.78. The lowest BCUT2D eigenvalue weighted by molar-refractivity contribution is 0.311. The van der Waals surface area contributed by atoms with E-state index in [2.05, 4.69) is 5.32 Å². The summed E-state index contributed by atoms with van der Waals surface area (Å²) in [4.78, 5) is 0. The lowest BCUT2D eigenvalue weighted by atomic mass is 10.2. The van der Waals surface area contributed by atoms with E-state index in [9.17, 15) is 0 Å². The number of para-hydroxylation sites is 1. The summed E-state index contributed by atoms with van der Waals surface area (Å²) in [7, 11) is 0. The van der Waals surface area contributed by atoms with Crippen molar-refractivity contribution in [3.63, 3.8) is 0 Å². The molecule has 0 saturated carbocycles. The highest BCUT2D eigenvalue weighted by Gasteiger charge is 2.00. The zero-order valence-corrected chi connectivity index (χ0v) is 7.30. The van der Waals surface area contributed by atoms with Crippen LogP contribution < -0.4 is 11.1 Å². The van der Waals surface area contributed by atoms with Crippen molar-refractivity contribution in [3.05, 3.63) is 23.2 Å². The Morgan fingerprint density at radius 3 is 2.92 bits per heavy atom. The van der Waals surface area contributed by atoms with Crippen LogP contribution in [0.5, 0.6) is 0 Å². The lowest BCUT2D eigenvalue weighted by Gasteiger charge is -2.08. The molecular weight excluding hydrogens is 176 g/mol. The van der Waals surface area contributed by atoms with Gasteiger partial charge in [0.25, 0.3) is 0 Å². The molecule has 0 fully saturated rings. The normalized spacial score (nSPS) is 9.83. The van der Waals surface area contributed by atoms with Gasteiger partial charge in [-0.05, 0) is 12.1 Å². The topological polar surface area (TPSA) is 58.3 Å². The first-order valence-corrected chi connectivity index (χ1v) is 4.02. The quantitative estimate of drug-likeness (QED) is 0.625. The van der Waals surface area contributed by atoms with Crippen LogP contribution in [0.3, 0.4) is 0 Å². The molecular formula is C8H11ClN2O. The number of nitrogens with two attached hydrogens (primary N) is 1. The average molecular weight is 187 g/mol. The Labute approximate surface area is 76.1 Å². The minimum atomic E-state index is 0.0754. The fourth-order valence-corrected chi connectivity index (χ4v) is 1.06. The molecule has 1 aromatic carbocycles. The summed E-state index contributed by atoms with van der Waals surface area (Å²) in [6.45, 7) is 0.552. The van der Waals surface area contributed by atoms with Crippen LogP contribution in [-0.2, 0) is 0 Å². The third-order valence-electron chi connectivity index (χ3n) is 1.48. The first-order valence-electron chi connectivity index (χ1n) is 3.64. The molecule has 0 spiro atoms. The molecule has 0 unspecified atom stereocenters. The summed E-state index contributed by atoms with van der Waals surface area (Å²) < 4.78 is 0. The summed E-state index contributed by atoms with van der Waals surface area (Å²) in [6.07, 6.45) is 0. The van der Waals surface area contributed by atoms with Crippen molar-refractivity contribution in [2.45, 2.75) is 0 Å². The molecule has 0 aliphatic rings. The molecule has 0 aliphatic heterocycles. The third kappa shape index (κ3) is 2.03. The van der Waals surface area contributed by atoms with Crippen molar-refractivity contribution in [2.24, 2.45) is 0 Å². The van der Waals surface area contributed by atoms with E-state index < -0.39 is 0 Å². The molecule has 12 heavy (non-hydrogen) atoms. The molecule has 0 heterocycles. The van der Waals surface area contributed by atoms with E-state index in [0.717, 1.165) is 5.69 Å². The zero-order chi connectivity index (χ0) is 8.97. The van der Waals surface area contributed by atoms with Gasteiger partial charge in [0.05, 0.1) is 23.0 Å². The Hall–Kier alpha value is -0.930. The van der Waals surface area contributed by atoms with Crippen LogP contribution in [0.4, 0.5) is 11.4 Å². The second kappa shape index (κ2) is 4.18. The van der Waals surface area contributed by atoms with Crippen molar-refractivity contribution in [3.8, 4) is 0 Å². The van der Waals surface area contributed by atoms with E-state index in [-0.39, 0.29) is 6.61 Å². The number of halogens is 1. The molecule has 0 amide bonds. The number of aliphatic hydroxyl groups excluding tert-OH is 1. The van der Waals surface area contributed by atoms with Crippen LogP contribution in [0.25, 0.3) is 0 Å². The molecule has 4 heteroatoms. The van der Waals surface area contributed by atoms with Crippen molar-refractivity contribution in [1.29, 1.82) is 0 Å². The number of hydrogen-bond donors (Lipinski definition) is 3. The van der Waals surface area contributed by atoms with Crippen molar-refractivity contribution in [1.82, 2.24) is 0 Å². The summed E-state index contributed by atoms with van der Waals surface area (Å²) in [5.41, 5.74) is 6.93. The number of aliphatic hydroxyl groups is 1. The van der Waals surface area contributed by atoms with Gasteiger partial charge in [-0.2, -0.15) is 0 Å². The Morgan fingerprint density at radius 2 is 2.25 bits per heavy atom. The van der Waals surface area contributed by atoms with Gasteiger partial charge in [0, 0.05) is 6.54 Å². The highest BCUT2D eigenvalue weighted by molar-refractivity contribution is 6.33. The van der Waals surface area contributed by atoms with E-state index in [1.165, 1.54) is 0 Å². The van der Waals surface area contributed by atoms with E-state index in [1.54, 1.807) is 12.1 Å². The van der Waals surface area contributed by atoms with E-state index in [0.29, 0.717) is 17.3 Å². The largest absolute Gasteiger partial charge is 0.396 e. The second-order valence-corrected chi connectivity index (χ2v) is 2.76. The van der Waals surface area contributed by atoms with Gasteiger partial charge in [0.1, 0.15) is 0 Å². The number of benzene rings is 1. The van der Waals surface area contributed by atoms with E-state index >= 15 is 0 Å². The molecule has 0 aliphatic carbocycles. The maximum absolute atomic E-state index is 8.55. The standard InChI is InChI=1S/C8H11ClN2O/c9-6-2-1-3-7(8(6)10)11-4-5-12/h1-3,11-12H,4-5,10H2. The minimum Gasteiger partial charge on any atom is -0.396 e. The minimum absolute atomic E-state index is 0.0754. The Morgan fingerprint density at radius 1 is 1.50 bits per heavy atom. The van der Waals surface area contributed by atoms with Crippen LogP contribution in [0.1, 0.15) is 0 Å². The molecule has 4 N–H and O–H groups in total. The van der Waals surface area contributed by atoms with E-state index in [1.807, 2.05) is 6.07 Å². The number of rotatable bonds is 3. The van der Waals surface area contributed by atoms with Crippen LogP contribution >= 0.6 is 11.6 Å². The Bertz CT molecular complexity index is 265. The molecule has 0 bridgehead atoms. The predicted octanol–water partition coefficient (Wildman–Crippen LogP) is 1.33. The molecule has 1 rings (SSSR count). The van der Waals surface area contributed by atoms with Gasteiger partial charge in [-0.25, -0.2) is 0 Å². The SMILES string of the molecule is Nc1c(Cl)cccc1NCCO. The molecule has 0 aromatic heterocycles. The highest BCUT2D eigenvalue weighted by Crippen LogP contribution is 2.26. The van der Waals surface area contributed by atoms with Crippen LogP contribution in [0.2, 0.25) is 5.02 Å². The number of anilines is 2. The maximum Gasteiger partial charge on any atom is 0.0739 e. The lowest BCUT2D eigenvalue weighted by Crippen LogP contribution is -2.07. The van der Waals surface area contributed by atoms with Gasteiger partial charge in [-0.1, -0.05) is 17.7 Å². The van der Waals surface area contributed by atoms with Gasteiger partial charge >= 0.3 is 0 Å². The highest BCUT2D eigenvalue weighted by atomic mass is 35.5. The molecule has 0 saturated heterocycles. The third-order valence-corrected chi connectivity index (χ3v) is 1.81. The molecule has 0 atom stereocenters. The van der Waals surface area contributed by atoms with Crippen LogP contribution in [0.15, 0.2) is 18.2 Å². The monoisotopic (exact) mass is 186 g/mol. The Kier molecular flexibility index (Phi) is 3.19.